The summed E-state index contributed by atoms with van der Waals surface area (Å²) in [5, 5.41) is 10.1. The van der Waals surface area contributed by atoms with Crippen molar-refractivity contribution in [3.05, 3.63) is 0 Å². The molecule has 1 saturated carbocycles. The van der Waals surface area contributed by atoms with E-state index in [0.29, 0.717) is 11.3 Å². The lowest BCUT2D eigenvalue weighted by molar-refractivity contribution is 0.00394. The largest absolute Gasteiger partial charge is 0.393 e. The van der Waals surface area contributed by atoms with Gasteiger partial charge in [0.1, 0.15) is 0 Å². The van der Waals surface area contributed by atoms with Gasteiger partial charge >= 0.3 is 0 Å². The van der Waals surface area contributed by atoms with E-state index < -0.39 is 0 Å². The van der Waals surface area contributed by atoms with Gasteiger partial charge in [-0.3, -0.25) is 0 Å². The first-order chi connectivity index (χ1) is 8.07. The summed E-state index contributed by atoms with van der Waals surface area (Å²) < 4.78 is 5.48. The summed E-state index contributed by atoms with van der Waals surface area (Å²) in [5.41, 5.74) is 0.409. The molecule has 1 aliphatic carbocycles. The normalized spacial score (nSPS) is 35.5. The van der Waals surface area contributed by atoms with Crippen molar-refractivity contribution in [3.8, 4) is 0 Å². The van der Waals surface area contributed by atoms with Crippen LogP contribution in [0.5, 0.6) is 0 Å². The molecule has 2 aliphatic rings. The van der Waals surface area contributed by atoms with Gasteiger partial charge in [-0.25, -0.2) is 0 Å². The van der Waals surface area contributed by atoms with Gasteiger partial charge in [0.2, 0.25) is 0 Å². The van der Waals surface area contributed by atoms with E-state index in [1.54, 1.807) is 0 Å². The Morgan fingerprint density at radius 3 is 2.94 bits per heavy atom. The van der Waals surface area contributed by atoms with E-state index in [-0.39, 0.29) is 6.10 Å². The summed E-state index contributed by atoms with van der Waals surface area (Å²) in [6.07, 6.45) is 4.33. The van der Waals surface area contributed by atoms with Crippen LogP contribution in [0.4, 0.5) is 0 Å². The molecule has 1 N–H and O–H groups in total. The molecule has 0 radical (unpaired) electrons. The average Bonchev–Trinajstić information content (AvgIpc) is 2.52. The van der Waals surface area contributed by atoms with Gasteiger partial charge in [-0.2, -0.15) is 0 Å². The Balaban J connectivity index is 1.87. The van der Waals surface area contributed by atoms with Crippen LogP contribution in [0.1, 0.15) is 39.5 Å². The predicted octanol–water partition coefficient (Wildman–Crippen LogP) is 1.90. The highest BCUT2D eigenvalue weighted by Crippen LogP contribution is 2.39. The van der Waals surface area contributed by atoms with Crippen molar-refractivity contribution in [2.75, 3.05) is 32.8 Å². The lowest BCUT2D eigenvalue weighted by atomic mass is 9.70. The summed E-state index contributed by atoms with van der Waals surface area (Å²) in [7, 11) is 0. The molecule has 100 valence electrons. The first-order valence-electron chi connectivity index (χ1n) is 7.05. The smallest absolute Gasteiger partial charge is 0.0593 e. The van der Waals surface area contributed by atoms with Gasteiger partial charge < -0.3 is 14.7 Å². The summed E-state index contributed by atoms with van der Waals surface area (Å²) in [6.45, 7) is 9.62. The maximum atomic E-state index is 10.1. The number of hydrogen-bond donors (Lipinski definition) is 1. The molecule has 1 saturated heterocycles. The third-order valence-electron chi connectivity index (χ3n) is 4.28. The highest BCUT2D eigenvalue weighted by Gasteiger charge is 2.34. The van der Waals surface area contributed by atoms with E-state index >= 15 is 0 Å². The second kappa shape index (κ2) is 5.68. The van der Waals surface area contributed by atoms with Crippen molar-refractivity contribution in [2.24, 2.45) is 11.3 Å². The maximum absolute atomic E-state index is 10.1. The summed E-state index contributed by atoms with van der Waals surface area (Å²) >= 11 is 0. The van der Waals surface area contributed by atoms with Gasteiger partial charge in [0.05, 0.1) is 12.7 Å². The number of rotatable bonds is 2. The fraction of sp³-hybridized carbons (Fsp3) is 1.00. The average molecular weight is 241 g/mol. The number of ether oxygens (including phenoxy) is 1. The third kappa shape index (κ3) is 3.94. The Bertz CT molecular complexity index is 234. The summed E-state index contributed by atoms with van der Waals surface area (Å²) in [5.74, 6) is 0.455. The van der Waals surface area contributed by atoms with Crippen molar-refractivity contribution in [1.82, 2.24) is 4.90 Å². The lowest BCUT2D eigenvalue weighted by Crippen LogP contribution is -2.41. The monoisotopic (exact) mass is 241 g/mol. The fourth-order valence-electron chi connectivity index (χ4n) is 3.22. The van der Waals surface area contributed by atoms with Crippen LogP contribution in [0.15, 0.2) is 0 Å². The Morgan fingerprint density at radius 1 is 1.29 bits per heavy atom. The van der Waals surface area contributed by atoms with E-state index in [1.807, 2.05) is 0 Å². The first kappa shape index (κ1) is 13.3. The zero-order chi connectivity index (χ0) is 12.3. The van der Waals surface area contributed by atoms with Gasteiger partial charge in [0.15, 0.2) is 0 Å². The number of aliphatic hydroxyl groups is 1. The van der Waals surface area contributed by atoms with Gasteiger partial charge in [0, 0.05) is 26.2 Å². The Hall–Kier alpha value is -0.120. The molecule has 17 heavy (non-hydrogen) atoms. The van der Waals surface area contributed by atoms with Crippen molar-refractivity contribution < 1.29 is 9.84 Å². The zero-order valence-corrected chi connectivity index (χ0v) is 11.3. The van der Waals surface area contributed by atoms with Gasteiger partial charge in [-0.1, -0.05) is 13.8 Å². The van der Waals surface area contributed by atoms with Crippen molar-refractivity contribution >= 4 is 0 Å². The predicted molar refractivity (Wildman–Crippen MR) is 69.0 cm³/mol. The van der Waals surface area contributed by atoms with Gasteiger partial charge in [0.25, 0.3) is 0 Å². The standard InChI is InChI=1S/C14H27NO2/c1-14(2)5-4-13(16)12(10-14)11-15-6-3-8-17-9-7-15/h12-13,16H,3-11H2,1-2H3. The molecule has 3 heteroatoms. The third-order valence-corrected chi connectivity index (χ3v) is 4.28. The molecule has 2 atom stereocenters. The molecule has 0 aromatic rings. The van der Waals surface area contributed by atoms with E-state index in [9.17, 15) is 5.11 Å². The Labute approximate surface area is 105 Å². The van der Waals surface area contributed by atoms with Crippen LogP contribution in [0.3, 0.4) is 0 Å². The second-order valence-electron chi connectivity index (χ2n) is 6.50. The zero-order valence-electron chi connectivity index (χ0n) is 11.3. The van der Waals surface area contributed by atoms with Gasteiger partial charge in [-0.05, 0) is 37.0 Å². The molecule has 0 spiro atoms. The molecule has 2 rings (SSSR count). The van der Waals surface area contributed by atoms with Crippen LogP contribution in [-0.2, 0) is 4.74 Å². The van der Waals surface area contributed by atoms with Crippen LogP contribution < -0.4 is 0 Å². The van der Waals surface area contributed by atoms with E-state index in [0.717, 1.165) is 58.5 Å². The quantitative estimate of drug-likeness (QED) is 0.801. The van der Waals surface area contributed by atoms with E-state index in [2.05, 4.69) is 18.7 Å². The molecule has 0 bridgehead atoms. The molecule has 2 fully saturated rings. The minimum Gasteiger partial charge on any atom is -0.393 e. The Kier molecular flexibility index (Phi) is 4.45. The molecule has 1 aliphatic heterocycles. The van der Waals surface area contributed by atoms with Crippen LogP contribution in [0.2, 0.25) is 0 Å². The Morgan fingerprint density at radius 2 is 2.12 bits per heavy atom. The van der Waals surface area contributed by atoms with Crippen LogP contribution >= 0.6 is 0 Å². The van der Waals surface area contributed by atoms with Crippen molar-refractivity contribution in [1.29, 1.82) is 0 Å². The number of nitrogens with zero attached hydrogens (tertiary/aromatic N) is 1. The summed E-state index contributed by atoms with van der Waals surface area (Å²) in [6, 6.07) is 0. The lowest BCUT2D eigenvalue weighted by Gasteiger charge is -2.40. The molecule has 2 unspecified atom stereocenters. The fourth-order valence-corrected chi connectivity index (χ4v) is 3.22. The second-order valence-corrected chi connectivity index (χ2v) is 6.50. The maximum Gasteiger partial charge on any atom is 0.0593 e. The molecule has 0 aromatic heterocycles. The number of aliphatic hydroxyl groups excluding tert-OH is 1. The van der Waals surface area contributed by atoms with Crippen LogP contribution in [0, 0.1) is 11.3 Å². The molecular weight excluding hydrogens is 214 g/mol. The SMILES string of the molecule is CC1(C)CCC(O)C(CN2CCCOCC2)C1. The molecule has 1 heterocycles. The molecular formula is C14H27NO2. The highest BCUT2D eigenvalue weighted by molar-refractivity contribution is 4.86. The number of hydrogen-bond acceptors (Lipinski definition) is 3. The molecule has 3 nitrogen and oxygen atoms in total. The minimum atomic E-state index is -0.0906. The molecule has 0 amide bonds. The van der Waals surface area contributed by atoms with Crippen LogP contribution in [0.25, 0.3) is 0 Å². The van der Waals surface area contributed by atoms with Crippen molar-refractivity contribution in [2.45, 2.75) is 45.6 Å². The summed E-state index contributed by atoms with van der Waals surface area (Å²) in [4.78, 5) is 2.47. The van der Waals surface area contributed by atoms with Gasteiger partial charge in [-0.15, -0.1) is 0 Å². The van der Waals surface area contributed by atoms with E-state index in [1.165, 1.54) is 0 Å². The minimum absolute atomic E-state index is 0.0906. The van der Waals surface area contributed by atoms with Crippen LogP contribution in [-0.4, -0.2) is 49.0 Å². The first-order valence-corrected chi connectivity index (χ1v) is 7.05. The van der Waals surface area contributed by atoms with E-state index in [4.69, 9.17) is 4.74 Å². The van der Waals surface area contributed by atoms with Crippen molar-refractivity contribution in [3.63, 3.8) is 0 Å². The highest BCUT2D eigenvalue weighted by atomic mass is 16.5. The molecule has 0 aromatic carbocycles. The topological polar surface area (TPSA) is 32.7 Å².